The summed E-state index contributed by atoms with van der Waals surface area (Å²) in [5.41, 5.74) is 2.13. The molecule has 1 aromatic heterocycles. The van der Waals surface area contributed by atoms with Crippen molar-refractivity contribution in [3.05, 3.63) is 66.2 Å². The van der Waals surface area contributed by atoms with Crippen LogP contribution in [0, 0.1) is 0 Å². The highest BCUT2D eigenvalue weighted by molar-refractivity contribution is 7.80. The van der Waals surface area contributed by atoms with Gasteiger partial charge in [-0.2, -0.15) is 0 Å². The number of hydrogen-bond acceptors (Lipinski definition) is 2. The Kier molecular flexibility index (Phi) is 3.61. The zero-order chi connectivity index (χ0) is 13.9. The lowest BCUT2D eigenvalue weighted by atomic mass is 10.2. The van der Waals surface area contributed by atoms with Crippen LogP contribution < -0.4 is 5.36 Å². The van der Waals surface area contributed by atoms with Gasteiger partial charge in [0.05, 0.1) is 16.6 Å². The minimum absolute atomic E-state index is 0.898. The molecule has 0 saturated carbocycles. The Morgan fingerprint density at radius 1 is 1.00 bits per heavy atom. The van der Waals surface area contributed by atoms with Gasteiger partial charge in [0.2, 0.25) is 0 Å². The lowest BCUT2D eigenvalue weighted by molar-refractivity contribution is 0.774. The second-order valence-corrected chi connectivity index (χ2v) is 5.10. The molecule has 0 atom stereocenters. The molecule has 0 aliphatic rings. The standard InChI is InChI=1S/C17H16N2S/c1-2-19-12-16(20)17(14-10-6-7-11-15(14)19)18-13-8-4-3-5-9-13/h3-12,20H,2H2,1H3. The molecule has 0 N–H and O–H groups in total. The molecule has 3 heteroatoms. The fraction of sp³-hybridized carbons (Fsp3) is 0.118. The van der Waals surface area contributed by atoms with E-state index in [2.05, 4.69) is 42.3 Å². The van der Waals surface area contributed by atoms with Gasteiger partial charge in [0.15, 0.2) is 0 Å². The maximum Gasteiger partial charge on any atom is 0.0878 e. The molecule has 0 aliphatic carbocycles. The number of benzene rings is 2. The van der Waals surface area contributed by atoms with Crippen LogP contribution in [0.25, 0.3) is 10.9 Å². The second kappa shape index (κ2) is 5.55. The molecule has 100 valence electrons. The summed E-state index contributed by atoms with van der Waals surface area (Å²) in [6.07, 6.45) is 2.05. The predicted molar refractivity (Wildman–Crippen MR) is 86.5 cm³/mol. The second-order valence-electron chi connectivity index (χ2n) is 4.61. The maximum atomic E-state index is 4.75. The van der Waals surface area contributed by atoms with Gasteiger partial charge in [-0.15, -0.1) is 12.6 Å². The van der Waals surface area contributed by atoms with Crippen LogP contribution in [0.5, 0.6) is 0 Å². The van der Waals surface area contributed by atoms with Gasteiger partial charge in [-0.3, -0.25) is 0 Å². The zero-order valence-corrected chi connectivity index (χ0v) is 12.2. The van der Waals surface area contributed by atoms with Crippen LogP contribution in [-0.2, 0) is 6.54 Å². The van der Waals surface area contributed by atoms with Crippen molar-refractivity contribution in [2.24, 2.45) is 4.99 Å². The topological polar surface area (TPSA) is 17.3 Å². The maximum absolute atomic E-state index is 4.75. The van der Waals surface area contributed by atoms with Gasteiger partial charge in [0.25, 0.3) is 0 Å². The van der Waals surface area contributed by atoms with Crippen molar-refractivity contribution in [3.63, 3.8) is 0 Å². The fourth-order valence-electron chi connectivity index (χ4n) is 2.35. The van der Waals surface area contributed by atoms with Gasteiger partial charge in [-0.05, 0) is 25.1 Å². The number of rotatable bonds is 2. The number of pyridine rings is 1. The lowest BCUT2D eigenvalue weighted by Crippen LogP contribution is -2.11. The molecule has 0 radical (unpaired) electrons. The first-order valence-electron chi connectivity index (χ1n) is 6.70. The third kappa shape index (κ3) is 2.37. The van der Waals surface area contributed by atoms with Crippen molar-refractivity contribution in [2.45, 2.75) is 18.4 Å². The van der Waals surface area contributed by atoms with E-state index in [0.29, 0.717) is 0 Å². The molecule has 0 bridgehead atoms. The number of aromatic nitrogens is 1. The van der Waals surface area contributed by atoms with Crippen molar-refractivity contribution >= 4 is 29.2 Å². The van der Waals surface area contributed by atoms with E-state index in [1.807, 2.05) is 42.6 Å². The minimum Gasteiger partial charge on any atom is -0.347 e. The minimum atomic E-state index is 0.898. The Morgan fingerprint density at radius 3 is 2.45 bits per heavy atom. The first-order valence-corrected chi connectivity index (χ1v) is 7.15. The van der Waals surface area contributed by atoms with Crippen LogP contribution in [-0.4, -0.2) is 4.57 Å². The molecular formula is C17H16N2S. The summed E-state index contributed by atoms with van der Waals surface area (Å²) in [6, 6.07) is 18.3. The molecule has 0 saturated heterocycles. The number of hydrogen-bond donors (Lipinski definition) is 1. The zero-order valence-electron chi connectivity index (χ0n) is 11.3. The highest BCUT2D eigenvalue weighted by Crippen LogP contribution is 2.16. The molecule has 2 aromatic carbocycles. The quantitative estimate of drug-likeness (QED) is 0.678. The van der Waals surface area contributed by atoms with Crippen LogP contribution in [0.2, 0.25) is 0 Å². The Hall–Kier alpha value is -2.00. The summed E-state index contributed by atoms with van der Waals surface area (Å²) < 4.78 is 2.20. The van der Waals surface area contributed by atoms with Crippen molar-refractivity contribution < 1.29 is 0 Å². The third-order valence-electron chi connectivity index (χ3n) is 3.33. The molecular weight excluding hydrogens is 264 g/mol. The van der Waals surface area contributed by atoms with Crippen molar-refractivity contribution in [1.29, 1.82) is 0 Å². The molecule has 3 aromatic rings. The average Bonchev–Trinajstić information content (AvgIpc) is 2.51. The molecule has 0 unspecified atom stereocenters. The summed E-state index contributed by atoms with van der Waals surface area (Å²) in [5, 5.41) is 2.06. The normalized spacial score (nSPS) is 12.0. The Labute approximate surface area is 123 Å². The molecule has 0 amide bonds. The predicted octanol–water partition coefficient (Wildman–Crippen LogP) is 4.18. The summed E-state index contributed by atoms with van der Waals surface area (Å²) >= 11 is 4.61. The molecule has 1 heterocycles. The third-order valence-corrected chi connectivity index (χ3v) is 3.65. The van der Waals surface area contributed by atoms with Crippen molar-refractivity contribution in [1.82, 2.24) is 4.57 Å². The first-order chi connectivity index (χ1) is 9.79. The summed E-state index contributed by atoms with van der Waals surface area (Å²) in [4.78, 5) is 5.65. The average molecular weight is 280 g/mol. The lowest BCUT2D eigenvalue weighted by Gasteiger charge is -2.10. The van der Waals surface area contributed by atoms with E-state index in [4.69, 9.17) is 4.99 Å². The number of para-hydroxylation sites is 2. The summed E-state index contributed by atoms with van der Waals surface area (Å²) in [6.45, 7) is 3.05. The number of nitrogens with zero attached hydrogens (tertiary/aromatic N) is 2. The van der Waals surface area contributed by atoms with Gasteiger partial charge in [-0.1, -0.05) is 36.4 Å². The molecule has 0 aliphatic heterocycles. The smallest absolute Gasteiger partial charge is 0.0878 e. The van der Waals surface area contributed by atoms with E-state index in [9.17, 15) is 0 Å². The van der Waals surface area contributed by atoms with E-state index < -0.39 is 0 Å². The molecule has 2 nitrogen and oxygen atoms in total. The monoisotopic (exact) mass is 280 g/mol. The Bertz CT molecular complexity index is 804. The van der Waals surface area contributed by atoms with Crippen molar-refractivity contribution in [3.8, 4) is 0 Å². The number of thiol groups is 1. The summed E-state index contributed by atoms with van der Waals surface area (Å²) in [5.74, 6) is 0. The van der Waals surface area contributed by atoms with E-state index >= 15 is 0 Å². The Balaban J connectivity index is 2.37. The van der Waals surface area contributed by atoms with Crippen LogP contribution in [0.1, 0.15) is 6.92 Å². The van der Waals surface area contributed by atoms with E-state index in [1.54, 1.807) is 0 Å². The van der Waals surface area contributed by atoms with Crippen molar-refractivity contribution in [2.75, 3.05) is 0 Å². The van der Waals surface area contributed by atoms with Crippen LogP contribution in [0.15, 0.2) is 70.7 Å². The molecule has 0 spiro atoms. The van der Waals surface area contributed by atoms with Gasteiger partial charge in [0.1, 0.15) is 0 Å². The summed E-state index contributed by atoms with van der Waals surface area (Å²) in [7, 11) is 0. The van der Waals surface area contributed by atoms with Crippen LogP contribution >= 0.6 is 12.6 Å². The van der Waals surface area contributed by atoms with E-state index in [0.717, 1.165) is 27.9 Å². The van der Waals surface area contributed by atoms with Gasteiger partial charge >= 0.3 is 0 Å². The van der Waals surface area contributed by atoms with Crippen LogP contribution in [0.3, 0.4) is 0 Å². The van der Waals surface area contributed by atoms with E-state index in [1.165, 1.54) is 5.52 Å². The number of fused-ring (bicyclic) bond motifs is 1. The van der Waals surface area contributed by atoms with Gasteiger partial charge < -0.3 is 4.57 Å². The largest absolute Gasteiger partial charge is 0.347 e. The molecule has 20 heavy (non-hydrogen) atoms. The van der Waals surface area contributed by atoms with Crippen LogP contribution in [0.4, 0.5) is 5.69 Å². The fourth-order valence-corrected chi connectivity index (χ4v) is 2.66. The van der Waals surface area contributed by atoms with Gasteiger partial charge in [-0.25, -0.2) is 4.99 Å². The SMILES string of the molecule is CCn1cc(S)c(=Nc2ccccc2)c2ccccc21. The van der Waals surface area contributed by atoms with Gasteiger partial charge in [0, 0.05) is 23.0 Å². The molecule has 0 fully saturated rings. The first kappa shape index (κ1) is 13.0. The highest BCUT2D eigenvalue weighted by Gasteiger charge is 2.04. The highest BCUT2D eigenvalue weighted by atomic mass is 32.1. The molecule has 3 rings (SSSR count). The van der Waals surface area contributed by atoms with E-state index in [-0.39, 0.29) is 0 Å². The Morgan fingerprint density at radius 2 is 1.70 bits per heavy atom. The number of aryl methyl sites for hydroxylation is 1.